The Labute approximate surface area is 174 Å². The van der Waals surface area contributed by atoms with Crippen LogP contribution in [0.25, 0.3) is 6.08 Å². The lowest BCUT2D eigenvalue weighted by atomic mass is 10.0. The predicted octanol–water partition coefficient (Wildman–Crippen LogP) is 6.34. The van der Waals surface area contributed by atoms with E-state index in [9.17, 15) is 26.7 Å². The Morgan fingerprint density at radius 3 is 1.84 bits per heavy atom. The van der Waals surface area contributed by atoms with Crippen molar-refractivity contribution < 1.29 is 31.5 Å². The van der Waals surface area contributed by atoms with Gasteiger partial charge in [0.15, 0.2) is 0 Å². The van der Waals surface area contributed by atoms with Crippen LogP contribution in [-0.4, -0.2) is 18.6 Å². The first-order valence-electron chi connectivity index (χ1n) is 9.12. The first-order chi connectivity index (χ1) is 14.7. The fourth-order valence-corrected chi connectivity index (χ4v) is 3.23. The number of nitrogens with zero attached hydrogens (tertiary/aromatic N) is 1. The second-order valence-electron chi connectivity index (χ2n) is 6.80. The second kappa shape index (κ2) is 7.86. The molecule has 0 spiro atoms. The van der Waals surface area contributed by atoms with Crippen LogP contribution in [0.3, 0.4) is 0 Å². The molecule has 0 aliphatic carbocycles. The van der Waals surface area contributed by atoms with E-state index in [0.29, 0.717) is 22.6 Å². The molecule has 0 radical (unpaired) electrons. The van der Waals surface area contributed by atoms with Crippen molar-refractivity contribution in [3.05, 3.63) is 89.5 Å². The third-order valence-electron chi connectivity index (χ3n) is 4.69. The summed E-state index contributed by atoms with van der Waals surface area (Å²) >= 11 is 0. The number of Topliss-reactive ketones (excluding diaryl/α,β-unsaturated/α-hetero) is 1. The minimum atomic E-state index is -4.98. The minimum absolute atomic E-state index is 0.283. The van der Waals surface area contributed by atoms with Crippen LogP contribution >= 0.6 is 0 Å². The maximum atomic E-state index is 13.4. The van der Waals surface area contributed by atoms with Crippen LogP contribution in [0.5, 0.6) is 5.75 Å². The highest BCUT2D eigenvalue weighted by atomic mass is 19.4. The zero-order valence-corrected chi connectivity index (χ0v) is 15.8. The molecule has 3 aromatic rings. The Bertz CT molecular complexity index is 1110. The zero-order valence-electron chi connectivity index (χ0n) is 15.8. The Morgan fingerprint density at radius 2 is 1.32 bits per heavy atom. The van der Waals surface area contributed by atoms with Gasteiger partial charge in [-0.15, -0.1) is 0 Å². The summed E-state index contributed by atoms with van der Waals surface area (Å²) in [6.07, 6.45) is -3.83. The number of halogens is 5. The number of anilines is 3. The molecule has 0 unspecified atom stereocenters. The molecule has 0 saturated carbocycles. The molecule has 3 nitrogen and oxygen atoms in total. The van der Waals surface area contributed by atoms with Crippen molar-refractivity contribution in [2.24, 2.45) is 0 Å². The first-order valence-corrected chi connectivity index (χ1v) is 9.12. The van der Waals surface area contributed by atoms with Crippen LogP contribution in [0, 0.1) is 11.6 Å². The summed E-state index contributed by atoms with van der Waals surface area (Å²) in [7, 11) is 0. The number of ketones is 1. The summed E-state index contributed by atoms with van der Waals surface area (Å²) in [6.45, 7) is -0.512. The number of hydrogen-bond donors (Lipinski definition) is 0. The van der Waals surface area contributed by atoms with Gasteiger partial charge in [0.1, 0.15) is 24.0 Å². The Balaban J connectivity index is 1.76. The number of fused-ring (bicyclic) bond motifs is 1. The molecule has 0 saturated heterocycles. The van der Waals surface area contributed by atoms with Crippen molar-refractivity contribution in [3.8, 4) is 5.75 Å². The standard InChI is InChI=1S/C23H14F5NO2/c24-16-2-7-18(8-3-16)29(19-9-4-17(25)5-10-19)20-6-1-14-11-15(13-31-21(14)12-20)22(30)23(26,27)28/h1-12H,13H2. The average molecular weight is 431 g/mol. The molecule has 8 heteroatoms. The Hall–Kier alpha value is -3.68. The predicted molar refractivity (Wildman–Crippen MR) is 106 cm³/mol. The summed E-state index contributed by atoms with van der Waals surface area (Å²) in [4.78, 5) is 13.2. The van der Waals surface area contributed by atoms with Gasteiger partial charge in [-0.2, -0.15) is 13.2 Å². The summed E-state index contributed by atoms with van der Waals surface area (Å²) in [5.74, 6) is -2.51. The summed E-state index contributed by atoms with van der Waals surface area (Å²) in [5.41, 5.74) is 1.54. The van der Waals surface area contributed by atoms with E-state index in [4.69, 9.17) is 4.74 Å². The van der Waals surface area contributed by atoms with Crippen LogP contribution in [0.2, 0.25) is 0 Å². The maximum absolute atomic E-state index is 13.4. The molecule has 4 rings (SSSR count). The summed E-state index contributed by atoms with van der Waals surface area (Å²) < 4.78 is 70.4. The van der Waals surface area contributed by atoms with E-state index in [1.54, 1.807) is 41.3 Å². The zero-order chi connectivity index (χ0) is 22.2. The highest BCUT2D eigenvalue weighted by molar-refractivity contribution is 6.04. The monoisotopic (exact) mass is 431 g/mol. The van der Waals surface area contributed by atoms with E-state index in [-0.39, 0.29) is 5.75 Å². The average Bonchev–Trinajstić information content (AvgIpc) is 2.75. The number of rotatable bonds is 4. The van der Waals surface area contributed by atoms with E-state index in [1.807, 2.05) is 0 Å². The third kappa shape index (κ3) is 4.28. The highest BCUT2D eigenvalue weighted by Gasteiger charge is 2.41. The van der Waals surface area contributed by atoms with Gasteiger partial charge in [0.2, 0.25) is 0 Å². The lowest BCUT2D eigenvalue weighted by Crippen LogP contribution is -2.28. The van der Waals surface area contributed by atoms with Crippen LogP contribution in [0.15, 0.2) is 72.3 Å². The quantitative estimate of drug-likeness (QED) is 0.452. The molecule has 0 amide bonds. The van der Waals surface area contributed by atoms with Gasteiger partial charge in [-0.3, -0.25) is 4.79 Å². The van der Waals surface area contributed by atoms with Crippen LogP contribution < -0.4 is 9.64 Å². The van der Waals surface area contributed by atoms with Gasteiger partial charge < -0.3 is 9.64 Å². The minimum Gasteiger partial charge on any atom is -0.488 e. The first kappa shape index (κ1) is 20.6. The molecule has 0 aromatic heterocycles. The SMILES string of the molecule is O=C(C1=Cc2ccc(N(c3ccc(F)cc3)c3ccc(F)cc3)cc2OC1)C(F)(F)F. The van der Waals surface area contributed by atoms with Crippen molar-refractivity contribution in [2.75, 3.05) is 11.5 Å². The Kier molecular flexibility index (Phi) is 5.22. The van der Waals surface area contributed by atoms with Gasteiger partial charge in [-0.05, 0) is 66.7 Å². The van der Waals surface area contributed by atoms with Crippen molar-refractivity contribution in [1.29, 1.82) is 0 Å². The molecular weight excluding hydrogens is 417 g/mol. The highest BCUT2D eigenvalue weighted by Crippen LogP contribution is 2.39. The summed E-state index contributed by atoms with van der Waals surface area (Å²) in [5, 5.41) is 0. The molecule has 0 bridgehead atoms. The normalized spacial score (nSPS) is 13.1. The molecule has 0 fully saturated rings. The number of benzene rings is 3. The molecular formula is C23H14F5NO2. The van der Waals surface area contributed by atoms with Gasteiger partial charge >= 0.3 is 6.18 Å². The number of hydrogen-bond acceptors (Lipinski definition) is 3. The number of alkyl halides is 3. The van der Waals surface area contributed by atoms with E-state index in [1.165, 1.54) is 30.3 Å². The molecule has 3 aromatic carbocycles. The summed E-state index contributed by atoms with van der Waals surface area (Å²) in [6, 6.07) is 16.0. The Morgan fingerprint density at radius 1 is 0.806 bits per heavy atom. The molecule has 158 valence electrons. The maximum Gasteiger partial charge on any atom is 0.454 e. The van der Waals surface area contributed by atoms with Crippen molar-refractivity contribution >= 4 is 28.9 Å². The van der Waals surface area contributed by atoms with E-state index >= 15 is 0 Å². The lowest BCUT2D eigenvalue weighted by molar-refractivity contribution is -0.166. The van der Waals surface area contributed by atoms with E-state index < -0.39 is 35.8 Å². The van der Waals surface area contributed by atoms with Gasteiger partial charge in [-0.1, -0.05) is 0 Å². The van der Waals surface area contributed by atoms with Crippen LogP contribution in [0.4, 0.5) is 39.0 Å². The fraction of sp³-hybridized carbons (Fsp3) is 0.0870. The molecule has 31 heavy (non-hydrogen) atoms. The van der Waals surface area contributed by atoms with Crippen molar-refractivity contribution in [1.82, 2.24) is 0 Å². The van der Waals surface area contributed by atoms with Gasteiger partial charge in [0.05, 0.1) is 0 Å². The molecule has 1 aliphatic heterocycles. The largest absolute Gasteiger partial charge is 0.488 e. The van der Waals surface area contributed by atoms with Crippen molar-refractivity contribution in [3.63, 3.8) is 0 Å². The second-order valence-corrected chi connectivity index (χ2v) is 6.80. The van der Waals surface area contributed by atoms with Gasteiger partial charge in [0.25, 0.3) is 5.78 Å². The molecule has 1 heterocycles. The van der Waals surface area contributed by atoms with Gasteiger partial charge in [0, 0.05) is 34.3 Å². The lowest BCUT2D eigenvalue weighted by Gasteiger charge is -2.27. The molecule has 1 aliphatic rings. The van der Waals surface area contributed by atoms with Crippen LogP contribution in [0.1, 0.15) is 5.56 Å². The molecule has 0 N–H and O–H groups in total. The smallest absolute Gasteiger partial charge is 0.454 e. The number of ether oxygens (including phenoxy) is 1. The number of carbonyl (C=O) groups excluding carboxylic acids is 1. The van der Waals surface area contributed by atoms with E-state index in [2.05, 4.69) is 0 Å². The van der Waals surface area contributed by atoms with Crippen molar-refractivity contribution in [2.45, 2.75) is 6.18 Å². The topological polar surface area (TPSA) is 29.5 Å². The molecule has 0 atom stereocenters. The fourth-order valence-electron chi connectivity index (χ4n) is 3.23. The van der Waals surface area contributed by atoms with Crippen LogP contribution in [-0.2, 0) is 4.79 Å². The van der Waals surface area contributed by atoms with Gasteiger partial charge in [-0.25, -0.2) is 8.78 Å². The third-order valence-corrected chi connectivity index (χ3v) is 4.69. The number of carbonyl (C=O) groups is 1. The van der Waals surface area contributed by atoms with E-state index in [0.717, 1.165) is 6.08 Å².